The molecule has 1 fully saturated rings. The Morgan fingerprint density at radius 3 is 2.82 bits per heavy atom. The molecule has 2 heterocycles. The van der Waals surface area contributed by atoms with Crippen molar-refractivity contribution in [3.05, 3.63) is 23.5 Å². The molecule has 17 heavy (non-hydrogen) atoms. The average molecular weight is 236 g/mol. The van der Waals surface area contributed by atoms with Gasteiger partial charge in [-0.2, -0.15) is 0 Å². The number of carbonyl (C=O) groups excluding carboxylic acids is 1. The maximum Gasteiger partial charge on any atom is 0.255 e. The summed E-state index contributed by atoms with van der Waals surface area (Å²) in [6.45, 7) is 4.32. The smallest absolute Gasteiger partial charge is 0.255 e. The van der Waals surface area contributed by atoms with Crippen molar-refractivity contribution in [1.29, 1.82) is 0 Å². The van der Waals surface area contributed by atoms with E-state index in [1.807, 2.05) is 6.92 Å². The van der Waals surface area contributed by atoms with Crippen LogP contribution in [-0.4, -0.2) is 49.2 Å². The number of pyridine rings is 1. The summed E-state index contributed by atoms with van der Waals surface area (Å²) in [6.07, 6.45) is 1.59. The molecule has 1 saturated heterocycles. The molecule has 1 aliphatic heterocycles. The quantitative estimate of drug-likeness (QED) is 0.764. The second-order valence-electron chi connectivity index (χ2n) is 3.92. The highest BCUT2D eigenvalue weighted by Gasteiger charge is 2.19. The maximum atomic E-state index is 12.2. The molecule has 1 aromatic heterocycles. The molecule has 0 atom stereocenters. The minimum Gasteiger partial charge on any atom is -0.495 e. The normalized spacial score (nSPS) is 15.8. The third-order valence-corrected chi connectivity index (χ3v) is 2.81. The minimum absolute atomic E-state index is 0.0147. The fourth-order valence-electron chi connectivity index (χ4n) is 1.79. The van der Waals surface area contributed by atoms with Crippen molar-refractivity contribution in [2.45, 2.75) is 6.92 Å². The number of aryl methyl sites for hydroxylation is 1. The minimum atomic E-state index is -0.0147. The number of amides is 1. The third kappa shape index (κ3) is 2.55. The number of aromatic nitrogens is 1. The zero-order valence-corrected chi connectivity index (χ0v) is 10.1. The van der Waals surface area contributed by atoms with Crippen LogP contribution in [0.5, 0.6) is 5.75 Å². The lowest BCUT2D eigenvalue weighted by molar-refractivity contribution is 0.0302. The van der Waals surface area contributed by atoms with Crippen molar-refractivity contribution in [2.75, 3.05) is 33.4 Å². The van der Waals surface area contributed by atoms with Crippen LogP contribution in [0.25, 0.3) is 0 Å². The van der Waals surface area contributed by atoms with Gasteiger partial charge in [-0.05, 0) is 13.0 Å². The van der Waals surface area contributed by atoms with E-state index < -0.39 is 0 Å². The van der Waals surface area contributed by atoms with Gasteiger partial charge in [0.2, 0.25) is 0 Å². The summed E-state index contributed by atoms with van der Waals surface area (Å²) in [7, 11) is 1.58. The van der Waals surface area contributed by atoms with E-state index in [0.717, 1.165) is 5.69 Å². The molecule has 2 rings (SSSR count). The summed E-state index contributed by atoms with van der Waals surface area (Å²) in [5.41, 5.74) is 1.35. The van der Waals surface area contributed by atoms with Gasteiger partial charge in [0.1, 0.15) is 5.75 Å². The van der Waals surface area contributed by atoms with Gasteiger partial charge in [0.05, 0.1) is 31.6 Å². The van der Waals surface area contributed by atoms with Gasteiger partial charge in [0.15, 0.2) is 0 Å². The summed E-state index contributed by atoms with van der Waals surface area (Å²) in [6, 6.07) is 1.74. The van der Waals surface area contributed by atoms with Crippen LogP contribution in [0.2, 0.25) is 0 Å². The van der Waals surface area contributed by atoms with Crippen LogP contribution < -0.4 is 4.74 Å². The maximum absolute atomic E-state index is 12.2. The molecule has 0 saturated carbocycles. The highest BCUT2D eigenvalue weighted by molar-refractivity contribution is 5.94. The van der Waals surface area contributed by atoms with Crippen LogP contribution >= 0.6 is 0 Å². The number of carbonyl (C=O) groups is 1. The van der Waals surface area contributed by atoms with Gasteiger partial charge < -0.3 is 14.4 Å². The Labute approximate surface area is 100 Å². The summed E-state index contributed by atoms with van der Waals surface area (Å²) in [5.74, 6) is 0.628. The molecule has 92 valence electrons. The molecule has 0 N–H and O–H groups in total. The molecule has 5 nitrogen and oxygen atoms in total. The number of methoxy groups -OCH3 is 1. The number of ether oxygens (including phenoxy) is 2. The number of morpholine rings is 1. The Morgan fingerprint density at radius 2 is 2.18 bits per heavy atom. The molecule has 1 amide bonds. The van der Waals surface area contributed by atoms with Crippen molar-refractivity contribution < 1.29 is 14.3 Å². The van der Waals surface area contributed by atoms with E-state index in [1.54, 1.807) is 24.3 Å². The van der Waals surface area contributed by atoms with Gasteiger partial charge >= 0.3 is 0 Å². The predicted octanol–water partition coefficient (Wildman–Crippen LogP) is 0.871. The summed E-state index contributed by atoms with van der Waals surface area (Å²) in [4.78, 5) is 18.1. The van der Waals surface area contributed by atoms with Crippen molar-refractivity contribution >= 4 is 5.91 Å². The predicted molar refractivity (Wildman–Crippen MR) is 62.2 cm³/mol. The second-order valence-corrected chi connectivity index (χ2v) is 3.92. The molecule has 0 radical (unpaired) electrons. The second kappa shape index (κ2) is 5.14. The summed E-state index contributed by atoms with van der Waals surface area (Å²) >= 11 is 0. The molecule has 0 spiro atoms. The van der Waals surface area contributed by atoms with Gasteiger partial charge in [-0.3, -0.25) is 9.78 Å². The Morgan fingerprint density at radius 1 is 1.47 bits per heavy atom. The molecule has 1 aliphatic rings. The first-order valence-corrected chi connectivity index (χ1v) is 5.60. The Balaban J connectivity index is 2.18. The lowest BCUT2D eigenvalue weighted by Crippen LogP contribution is -2.40. The first kappa shape index (κ1) is 11.9. The lowest BCUT2D eigenvalue weighted by Gasteiger charge is -2.26. The van der Waals surface area contributed by atoms with E-state index in [0.29, 0.717) is 37.6 Å². The SMILES string of the molecule is COc1cc(C(=O)N2CCOCC2)cnc1C. The van der Waals surface area contributed by atoms with Crippen molar-refractivity contribution in [3.63, 3.8) is 0 Å². The summed E-state index contributed by atoms with van der Waals surface area (Å²) < 4.78 is 10.4. The zero-order valence-electron chi connectivity index (χ0n) is 10.1. The number of rotatable bonds is 2. The van der Waals surface area contributed by atoms with Crippen LogP contribution in [0.1, 0.15) is 16.1 Å². The topological polar surface area (TPSA) is 51.7 Å². The molecule has 0 unspecified atom stereocenters. The molecule has 0 aliphatic carbocycles. The van der Waals surface area contributed by atoms with E-state index in [9.17, 15) is 4.79 Å². The first-order valence-electron chi connectivity index (χ1n) is 5.60. The fraction of sp³-hybridized carbons (Fsp3) is 0.500. The van der Waals surface area contributed by atoms with E-state index in [-0.39, 0.29) is 5.91 Å². The van der Waals surface area contributed by atoms with Gasteiger partial charge in [-0.15, -0.1) is 0 Å². The monoisotopic (exact) mass is 236 g/mol. The van der Waals surface area contributed by atoms with Crippen molar-refractivity contribution in [3.8, 4) is 5.75 Å². The van der Waals surface area contributed by atoms with Gasteiger partial charge in [0.25, 0.3) is 5.91 Å². The Bertz CT molecular complexity index is 414. The van der Waals surface area contributed by atoms with E-state index in [4.69, 9.17) is 9.47 Å². The third-order valence-electron chi connectivity index (χ3n) is 2.81. The van der Waals surface area contributed by atoms with Gasteiger partial charge in [-0.25, -0.2) is 0 Å². The number of nitrogens with zero attached hydrogens (tertiary/aromatic N) is 2. The van der Waals surface area contributed by atoms with E-state index in [2.05, 4.69) is 4.98 Å². The van der Waals surface area contributed by atoms with Crippen molar-refractivity contribution in [1.82, 2.24) is 9.88 Å². The van der Waals surface area contributed by atoms with Crippen LogP contribution in [0.3, 0.4) is 0 Å². The average Bonchev–Trinajstić information content (AvgIpc) is 2.39. The zero-order chi connectivity index (χ0) is 12.3. The fourth-order valence-corrected chi connectivity index (χ4v) is 1.79. The lowest BCUT2D eigenvalue weighted by atomic mass is 10.2. The standard InChI is InChI=1S/C12H16N2O3/c1-9-11(16-2)7-10(8-13-9)12(15)14-3-5-17-6-4-14/h7-8H,3-6H2,1-2H3. The largest absolute Gasteiger partial charge is 0.495 e. The summed E-state index contributed by atoms with van der Waals surface area (Å²) in [5, 5.41) is 0. The Hall–Kier alpha value is -1.62. The highest BCUT2D eigenvalue weighted by Crippen LogP contribution is 2.17. The molecular weight excluding hydrogens is 220 g/mol. The Kier molecular flexibility index (Phi) is 3.58. The van der Waals surface area contributed by atoms with E-state index in [1.165, 1.54) is 0 Å². The first-order chi connectivity index (χ1) is 8.22. The van der Waals surface area contributed by atoms with Crippen LogP contribution in [-0.2, 0) is 4.74 Å². The number of hydrogen-bond donors (Lipinski definition) is 0. The highest BCUT2D eigenvalue weighted by atomic mass is 16.5. The van der Waals surface area contributed by atoms with Crippen molar-refractivity contribution in [2.24, 2.45) is 0 Å². The van der Waals surface area contributed by atoms with Gasteiger partial charge in [0, 0.05) is 19.3 Å². The molecule has 1 aromatic rings. The van der Waals surface area contributed by atoms with Crippen LogP contribution in [0.15, 0.2) is 12.3 Å². The molecule has 0 aromatic carbocycles. The molecule has 0 bridgehead atoms. The number of hydrogen-bond acceptors (Lipinski definition) is 4. The molecular formula is C12H16N2O3. The molecule has 5 heteroatoms. The van der Waals surface area contributed by atoms with Crippen LogP contribution in [0.4, 0.5) is 0 Å². The van der Waals surface area contributed by atoms with E-state index >= 15 is 0 Å². The van der Waals surface area contributed by atoms with Gasteiger partial charge in [-0.1, -0.05) is 0 Å². The van der Waals surface area contributed by atoms with Crippen LogP contribution in [0, 0.1) is 6.92 Å².